The summed E-state index contributed by atoms with van der Waals surface area (Å²) in [6.07, 6.45) is 0. The van der Waals surface area contributed by atoms with Gasteiger partial charge in [-0.1, -0.05) is 30.3 Å². The predicted octanol–water partition coefficient (Wildman–Crippen LogP) is 2.30. The van der Waals surface area contributed by atoms with Gasteiger partial charge in [-0.2, -0.15) is 0 Å². The van der Waals surface area contributed by atoms with Crippen LogP contribution in [0.5, 0.6) is 5.75 Å². The van der Waals surface area contributed by atoms with Gasteiger partial charge in [-0.15, -0.1) is 0 Å². The average molecular weight is 371 g/mol. The number of ether oxygens (including phenoxy) is 3. The van der Waals surface area contributed by atoms with Gasteiger partial charge in [0.25, 0.3) is 5.91 Å². The molecule has 1 amide bonds. The highest BCUT2D eigenvalue weighted by atomic mass is 16.5. The number of para-hydroxylation sites is 1. The van der Waals surface area contributed by atoms with Crippen LogP contribution >= 0.6 is 0 Å². The molecule has 0 atom stereocenters. The molecule has 0 aliphatic carbocycles. The van der Waals surface area contributed by atoms with Crippen LogP contribution in [0.2, 0.25) is 0 Å². The average Bonchev–Trinajstić information content (AvgIpc) is 2.71. The summed E-state index contributed by atoms with van der Waals surface area (Å²) in [7, 11) is 4.38. The molecule has 0 N–H and O–H groups in total. The van der Waals surface area contributed by atoms with Crippen LogP contribution in [-0.4, -0.2) is 50.6 Å². The van der Waals surface area contributed by atoms with Crippen LogP contribution in [0.15, 0.2) is 48.5 Å². The zero-order valence-electron chi connectivity index (χ0n) is 15.4. The predicted molar refractivity (Wildman–Crippen MR) is 97.5 cm³/mol. The highest BCUT2D eigenvalue weighted by Crippen LogP contribution is 2.19. The minimum absolute atomic E-state index is 0.0459. The van der Waals surface area contributed by atoms with Crippen molar-refractivity contribution in [3.8, 4) is 5.75 Å². The van der Waals surface area contributed by atoms with Gasteiger partial charge in [0, 0.05) is 19.2 Å². The van der Waals surface area contributed by atoms with Crippen molar-refractivity contribution in [1.82, 2.24) is 4.90 Å². The van der Waals surface area contributed by atoms with E-state index in [9.17, 15) is 14.4 Å². The first-order valence-electron chi connectivity index (χ1n) is 8.18. The van der Waals surface area contributed by atoms with Crippen molar-refractivity contribution < 1.29 is 28.6 Å². The number of hydrogen-bond donors (Lipinski definition) is 0. The molecule has 0 fully saturated rings. The number of rotatable bonds is 7. The molecule has 0 unspecified atom stereocenters. The SMILES string of the molecule is COC(=O)c1ccccc1C(=O)OCC(=O)N(C)Cc1ccccc1OC. The van der Waals surface area contributed by atoms with Gasteiger partial charge in [-0.3, -0.25) is 4.79 Å². The quantitative estimate of drug-likeness (QED) is 0.695. The number of benzene rings is 2. The number of hydrogen-bond acceptors (Lipinski definition) is 6. The Kier molecular flexibility index (Phi) is 6.93. The Morgan fingerprint density at radius 3 is 2.11 bits per heavy atom. The summed E-state index contributed by atoms with van der Waals surface area (Å²) in [6, 6.07) is 13.4. The lowest BCUT2D eigenvalue weighted by molar-refractivity contribution is -0.133. The number of carbonyl (C=O) groups is 3. The molecule has 0 saturated heterocycles. The Morgan fingerprint density at radius 1 is 0.889 bits per heavy atom. The van der Waals surface area contributed by atoms with E-state index in [1.165, 1.54) is 24.1 Å². The van der Waals surface area contributed by atoms with Crippen molar-refractivity contribution in [2.45, 2.75) is 6.54 Å². The third-order valence-electron chi connectivity index (χ3n) is 3.90. The van der Waals surface area contributed by atoms with Crippen molar-refractivity contribution in [2.75, 3.05) is 27.9 Å². The first kappa shape index (κ1) is 20.0. The standard InChI is InChI=1S/C20H21NO6/c1-21(12-14-8-4-7-11-17(14)25-2)18(22)13-27-20(24)16-10-6-5-9-15(16)19(23)26-3/h4-11H,12-13H2,1-3H3. The van der Waals surface area contributed by atoms with Crippen molar-refractivity contribution in [3.63, 3.8) is 0 Å². The Hall–Kier alpha value is -3.35. The first-order chi connectivity index (χ1) is 13.0. The highest BCUT2D eigenvalue weighted by molar-refractivity contribution is 6.03. The lowest BCUT2D eigenvalue weighted by atomic mass is 10.1. The molecule has 0 heterocycles. The second-order valence-electron chi connectivity index (χ2n) is 5.67. The van der Waals surface area contributed by atoms with Gasteiger partial charge in [0.1, 0.15) is 5.75 Å². The Morgan fingerprint density at radius 2 is 1.48 bits per heavy atom. The Bertz CT molecular complexity index is 833. The number of methoxy groups -OCH3 is 2. The summed E-state index contributed by atoms with van der Waals surface area (Å²) in [6.45, 7) is -0.140. The van der Waals surface area contributed by atoms with E-state index in [1.807, 2.05) is 18.2 Å². The van der Waals surface area contributed by atoms with E-state index in [0.717, 1.165) is 5.56 Å². The van der Waals surface area contributed by atoms with Gasteiger partial charge in [-0.25, -0.2) is 9.59 Å². The number of likely N-dealkylation sites (N-methyl/N-ethyl adjacent to an activating group) is 1. The van der Waals surface area contributed by atoms with E-state index in [0.29, 0.717) is 12.3 Å². The molecule has 142 valence electrons. The molecule has 2 aromatic carbocycles. The van der Waals surface area contributed by atoms with Crippen molar-refractivity contribution in [1.29, 1.82) is 0 Å². The summed E-state index contributed by atoms with van der Waals surface area (Å²) in [5, 5.41) is 0. The van der Waals surface area contributed by atoms with E-state index in [2.05, 4.69) is 4.74 Å². The van der Waals surface area contributed by atoms with Crippen LogP contribution in [0.3, 0.4) is 0 Å². The first-order valence-corrected chi connectivity index (χ1v) is 8.18. The molecule has 0 aliphatic heterocycles. The number of esters is 2. The summed E-state index contributed by atoms with van der Waals surface area (Å²) in [5.41, 5.74) is 0.961. The van der Waals surface area contributed by atoms with E-state index in [1.54, 1.807) is 32.4 Å². The molecule has 2 rings (SSSR count). The molecule has 7 heteroatoms. The third kappa shape index (κ3) is 5.07. The lowest BCUT2D eigenvalue weighted by Crippen LogP contribution is -2.31. The van der Waals surface area contributed by atoms with Crippen LogP contribution < -0.4 is 4.74 Å². The maximum Gasteiger partial charge on any atom is 0.339 e. The molecule has 7 nitrogen and oxygen atoms in total. The molecule has 0 bridgehead atoms. The Balaban J connectivity index is 1.99. The van der Waals surface area contributed by atoms with Gasteiger partial charge < -0.3 is 19.1 Å². The molecule has 2 aromatic rings. The maximum atomic E-state index is 12.3. The molecule has 0 radical (unpaired) electrons. The fourth-order valence-electron chi connectivity index (χ4n) is 2.44. The van der Waals surface area contributed by atoms with Crippen LogP contribution in [0, 0.1) is 0 Å². The highest BCUT2D eigenvalue weighted by Gasteiger charge is 2.20. The van der Waals surface area contributed by atoms with E-state index < -0.39 is 18.5 Å². The van der Waals surface area contributed by atoms with E-state index in [-0.39, 0.29) is 17.0 Å². The van der Waals surface area contributed by atoms with Gasteiger partial charge in [-0.05, 0) is 18.2 Å². The fraction of sp³-hybridized carbons (Fsp3) is 0.250. The van der Waals surface area contributed by atoms with Crippen molar-refractivity contribution in [3.05, 3.63) is 65.2 Å². The van der Waals surface area contributed by atoms with Crippen LogP contribution in [0.1, 0.15) is 26.3 Å². The minimum atomic E-state index is -0.768. The van der Waals surface area contributed by atoms with Crippen LogP contribution in [0.25, 0.3) is 0 Å². The molecule has 0 saturated carbocycles. The molecular formula is C20H21NO6. The van der Waals surface area contributed by atoms with Crippen LogP contribution in [-0.2, 0) is 20.8 Å². The molecule has 0 aromatic heterocycles. The zero-order valence-corrected chi connectivity index (χ0v) is 15.4. The lowest BCUT2D eigenvalue weighted by Gasteiger charge is -2.19. The topological polar surface area (TPSA) is 82.1 Å². The number of carbonyl (C=O) groups excluding carboxylic acids is 3. The van der Waals surface area contributed by atoms with Gasteiger partial charge in [0.2, 0.25) is 0 Å². The van der Waals surface area contributed by atoms with Gasteiger partial charge in [0.15, 0.2) is 6.61 Å². The Labute approximate surface area is 157 Å². The van der Waals surface area contributed by atoms with Crippen molar-refractivity contribution >= 4 is 17.8 Å². The van der Waals surface area contributed by atoms with Crippen LogP contribution in [0.4, 0.5) is 0 Å². The molecule has 0 spiro atoms. The molecule has 27 heavy (non-hydrogen) atoms. The largest absolute Gasteiger partial charge is 0.496 e. The minimum Gasteiger partial charge on any atom is -0.496 e. The van der Waals surface area contributed by atoms with E-state index in [4.69, 9.17) is 9.47 Å². The normalized spacial score (nSPS) is 10.0. The molecular weight excluding hydrogens is 350 g/mol. The second kappa shape index (κ2) is 9.38. The summed E-state index contributed by atoms with van der Waals surface area (Å²) in [5.74, 6) is -1.14. The zero-order chi connectivity index (χ0) is 19.8. The number of nitrogens with zero attached hydrogens (tertiary/aromatic N) is 1. The number of amides is 1. The third-order valence-corrected chi connectivity index (χ3v) is 3.90. The monoisotopic (exact) mass is 371 g/mol. The van der Waals surface area contributed by atoms with Gasteiger partial charge in [0.05, 0.1) is 25.3 Å². The summed E-state index contributed by atoms with van der Waals surface area (Å²) in [4.78, 5) is 37.7. The smallest absolute Gasteiger partial charge is 0.339 e. The summed E-state index contributed by atoms with van der Waals surface area (Å²) < 4.78 is 15.0. The van der Waals surface area contributed by atoms with Crippen molar-refractivity contribution in [2.24, 2.45) is 0 Å². The summed E-state index contributed by atoms with van der Waals surface area (Å²) >= 11 is 0. The maximum absolute atomic E-state index is 12.3. The fourth-order valence-corrected chi connectivity index (χ4v) is 2.44. The molecule has 0 aliphatic rings. The second-order valence-corrected chi connectivity index (χ2v) is 5.67. The van der Waals surface area contributed by atoms with E-state index >= 15 is 0 Å². The van der Waals surface area contributed by atoms with Gasteiger partial charge >= 0.3 is 11.9 Å².